The summed E-state index contributed by atoms with van der Waals surface area (Å²) in [5.74, 6) is 2.33. The first-order chi connectivity index (χ1) is 10.2. The molecule has 0 saturated carbocycles. The molecule has 1 heterocycles. The van der Waals surface area contributed by atoms with Gasteiger partial charge in [-0.25, -0.2) is 0 Å². The minimum Gasteiger partial charge on any atom is -0.325 e. The molecular weight excluding hydrogens is 282 g/mol. The molecule has 1 unspecified atom stereocenters. The minimum atomic E-state index is -0.419. The van der Waals surface area contributed by atoms with E-state index in [9.17, 15) is 4.79 Å². The molecule has 0 aromatic heterocycles. The molecule has 4 nitrogen and oxygen atoms in total. The Balaban J connectivity index is 1.92. The van der Waals surface area contributed by atoms with Crippen molar-refractivity contribution in [2.75, 3.05) is 29.9 Å². The van der Waals surface area contributed by atoms with Gasteiger partial charge in [0.2, 0.25) is 5.91 Å². The zero-order chi connectivity index (χ0) is 15.1. The van der Waals surface area contributed by atoms with E-state index >= 15 is 0 Å². The molecule has 1 atom stereocenters. The molecule has 21 heavy (non-hydrogen) atoms. The van der Waals surface area contributed by atoms with E-state index in [4.69, 9.17) is 5.73 Å². The van der Waals surface area contributed by atoms with Crippen LogP contribution in [0.1, 0.15) is 25.3 Å². The molecule has 1 aromatic carbocycles. The molecule has 1 aliphatic heterocycles. The van der Waals surface area contributed by atoms with Gasteiger partial charge in [-0.3, -0.25) is 9.69 Å². The Morgan fingerprint density at radius 1 is 1.43 bits per heavy atom. The number of amides is 1. The highest BCUT2D eigenvalue weighted by Crippen LogP contribution is 2.16. The summed E-state index contributed by atoms with van der Waals surface area (Å²) >= 11 is 2.02. The van der Waals surface area contributed by atoms with Gasteiger partial charge >= 0.3 is 0 Å². The van der Waals surface area contributed by atoms with Crippen molar-refractivity contribution in [2.24, 2.45) is 5.73 Å². The molecular formula is C16H25N3OS. The fourth-order valence-corrected chi connectivity index (χ4v) is 3.42. The first-order valence-electron chi connectivity index (χ1n) is 7.64. The topological polar surface area (TPSA) is 58.4 Å². The fourth-order valence-electron chi connectivity index (χ4n) is 2.44. The van der Waals surface area contributed by atoms with Crippen molar-refractivity contribution in [3.8, 4) is 0 Å². The number of carbonyl (C=O) groups is 1. The Hall–Kier alpha value is -1.04. The molecule has 116 valence electrons. The van der Waals surface area contributed by atoms with Crippen LogP contribution in [-0.4, -0.2) is 41.4 Å². The second-order valence-corrected chi connectivity index (χ2v) is 6.70. The van der Waals surface area contributed by atoms with Crippen molar-refractivity contribution in [2.45, 2.75) is 32.4 Å². The van der Waals surface area contributed by atoms with Crippen molar-refractivity contribution in [1.29, 1.82) is 0 Å². The van der Waals surface area contributed by atoms with E-state index in [1.54, 1.807) is 0 Å². The maximum Gasteiger partial charge on any atom is 0.241 e. The fraction of sp³-hybridized carbons (Fsp3) is 0.562. The van der Waals surface area contributed by atoms with Crippen molar-refractivity contribution < 1.29 is 4.79 Å². The Morgan fingerprint density at radius 2 is 2.19 bits per heavy atom. The van der Waals surface area contributed by atoms with Gasteiger partial charge in [0.05, 0.1) is 6.04 Å². The van der Waals surface area contributed by atoms with Crippen LogP contribution in [0.5, 0.6) is 0 Å². The number of thioether (sulfide) groups is 1. The van der Waals surface area contributed by atoms with Crippen LogP contribution in [0, 0.1) is 0 Å². The Labute approximate surface area is 131 Å². The van der Waals surface area contributed by atoms with Crippen LogP contribution < -0.4 is 11.1 Å². The number of rotatable bonds is 6. The molecule has 0 aliphatic carbocycles. The van der Waals surface area contributed by atoms with Gasteiger partial charge in [0, 0.05) is 36.8 Å². The molecule has 5 heteroatoms. The third kappa shape index (κ3) is 5.34. The first kappa shape index (κ1) is 16.3. The monoisotopic (exact) mass is 307 g/mol. The largest absolute Gasteiger partial charge is 0.325 e. The van der Waals surface area contributed by atoms with Crippen LogP contribution >= 0.6 is 11.8 Å². The predicted octanol–water partition coefficient (Wildman–Crippen LogP) is 2.30. The molecule has 1 aromatic rings. The Morgan fingerprint density at radius 3 is 2.90 bits per heavy atom. The van der Waals surface area contributed by atoms with Crippen LogP contribution in [-0.2, 0) is 11.3 Å². The van der Waals surface area contributed by atoms with Gasteiger partial charge in [-0.05, 0) is 24.1 Å². The van der Waals surface area contributed by atoms with Crippen LogP contribution in [0.15, 0.2) is 24.3 Å². The molecule has 3 N–H and O–H groups in total. The third-order valence-electron chi connectivity index (χ3n) is 3.64. The molecule has 0 spiro atoms. The molecule has 0 radical (unpaired) electrons. The lowest BCUT2D eigenvalue weighted by Gasteiger charge is -2.26. The zero-order valence-electron chi connectivity index (χ0n) is 12.7. The SMILES string of the molecule is CCCC(N)C(=O)Nc1cccc(CN2CCSCC2)c1. The number of nitrogens with zero attached hydrogens (tertiary/aromatic N) is 1. The van der Waals surface area contributed by atoms with Crippen molar-refractivity contribution in [3.05, 3.63) is 29.8 Å². The maximum absolute atomic E-state index is 12.0. The second kappa shape index (κ2) is 8.41. The molecule has 2 rings (SSSR count). The van der Waals surface area contributed by atoms with Gasteiger partial charge in [0.15, 0.2) is 0 Å². The molecule has 1 saturated heterocycles. The number of nitrogens with two attached hydrogens (primary N) is 1. The van der Waals surface area contributed by atoms with Gasteiger partial charge in [-0.15, -0.1) is 0 Å². The van der Waals surface area contributed by atoms with Crippen molar-refractivity contribution in [1.82, 2.24) is 4.90 Å². The Bertz CT molecular complexity index is 461. The lowest BCUT2D eigenvalue weighted by atomic mass is 10.1. The average molecular weight is 307 g/mol. The van der Waals surface area contributed by atoms with Gasteiger partial charge in [-0.2, -0.15) is 11.8 Å². The van der Waals surface area contributed by atoms with Crippen LogP contribution in [0.4, 0.5) is 5.69 Å². The summed E-state index contributed by atoms with van der Waals surface area (Å²) < 4.78 is 0. The number of hydrogen-bond donors (Lipinski definition) is 2. The van der Waals surface area contributed by atoms with Gasteiger partial charge in [0.25, 0.3) is 0 Å². The van der Waals surface area contributed by atoms with Crippen molar-refractivity contribution in [3.63, 3.8) is 0 Å². The van der Waals surface area contributed by atoms with Crippen LogP contribution in [0.2, 0.25) is 0 Å². The molecule has 1 fully saturated rings. The second-order valence-electron chi connectivity index (χ2n) is 5.47. The summed E-state index contributed by atoms with van der Waals surface area (Å²) in [6, 6.07) is 7.67. The number of nitrogens with one attached hydrogen (secondary N) is 1. The zero-order valence-corrected chi connectivity index (χ0v) is 13.5. The van der Waals surface area contributed by atoms with E-state index < -0.39 is 6.04 Å². The lowest BCUT2D eigenvalue weighted by molar-refractivity contribution is -0.117. The minimum absolute atomic E-state index is 0.0941. The predicted molar refractivity (Wildman–Crippen MR) is 90.6 cm³/mol. The van der Waals surface area contributed by atoms with E-state index in [-0.39, 0.29) is 5.91 Å². The van der Waals surface area contributed by atoms with E-state index in [1.807, 2.05) is 30.8 Å². The van der Waals surface area contributed by atoms with E-state index in [1.165, 1.54) is 17.1 Å². The van der Waals surface area contributed by atoms with Crippen LogP contribution in [0.3, 0.4) is 0 Å². The lowest BCUT2D eigenvalue weighted by Crippen LogP contribution is -2.35. The number of carbonyl (C=O) groups excluding carboxylic acids is 1. The summed E-state index contributed by atoms with van der Waals surface area (Å²) in [6.07, 6.45) is 1.64. The third-order valence-corrected chi connectivity index (χ3v) is 4.58. The standard InChI is InChI=1S/C16H25N3OS/c1-2-4-15(17)16(20)18-14-6-3-5-13(11-14)12-19-7-9-21-10-8-19/h3,5-6,11,15H,2,4,7-10,12,17H2,1H3,(H,18,20). The summed E-state index contributed by atoms with van der Waals surface area (Å²) in [5.41, 5.74) is 7.92. The Kier molecular flexibility index (Phi) is 6.54. The highest BCUT2D eigenvalue weighted by molar-refractivity contribution is 7.99. The van der Waals surface area contributed by atoms with Crippen molar-refractivity contribution >= 4 is 23.4 Å². The number of benzene rings is 1. The average Bonchev–Trinajstić information content (AvgIpc) is 2.49. The summed E-state index contributed by atoms with van der Waals surface area (Å²) in [5, 5.41) is 2.92. The van der Waals surface area contributed by atoms with Gasteiger partial charge < -0.3 is 11.1 Å². The maximum atomic E-state index is 12.0. The van der Waals surface area contributed by atoms with E-state index in [0.29, 0.717) is 0 Å². The number of anilines is 1. The van der Waals surface area contributed by atoms with E-state index in [0.717, 1.165) is 38.2 Å². The van der Waals surface area contributed by atoms with Gasteiger partial charge in [-0.1, -0.05) is 25.5 Å². The summed E-state index contributed by atoms with van der Waals surface area (Å²) in [7, 11) is 0. The van der Waals surface area contributed by atoms with Gasteiger partial charge in [0.1, 0.15) is 0 Å². The smallest absolute Gasteiger partial charge is 0.241 e. The number of hydrogen-bond acceptors (Lipinski definition) is 4. The molecule has 1 amide bonds. The molecule has 0 bridgehead atoms. The molecule has 1 aliphatic rings. The highest BCUT2D eigenvalue weighted by Gasteiger charge is 2.13. The quantitative estimate of drug-likeness (QED) is 0.847. The first-order valence-corrected chi connectivity index (χ1v) is 8.80. The van der Waals surface area contributed by atoms with E-state index in [2.05, 4.69) is 22.3 Å². The summed E-state index contributed by atoms with van der Waals surface area (Å²) in [6.45, 7) is 5.27. The summed E-state index contributed by atoms with van der Waals surface area (Å²) in [4.78, 5) is 14.4. The normalized spacial score (nSPS) is 17.4. The van der Waals surface area contributed by atoms with Crippen LogP contribution in [0.25, 0.3) is 0 Å². The highest BCUT2D eigenvalue weighted by atomic mass is 32.2.